The molecule has 1 saturated heterocycles. The predicted molar refractivity (Wildman–Crippen MR) is 63.4 cm³/mol. The molecule has 1 aliphatic heterocycles. The Kier molecular flexibility index (Phi) is 2.96. The minimum absolute atomic E-state index is 0.271. The van der Waals surface area contributed by atoms with Gasteiger partial charge in [0.2, 0.25) is 0 Å². The molecule has 2 nitrogen and oxygen atoms in total. The Morgan fingerprint density at radius 3 is 2.80 bits per heavy atom. The minimum Gasteiger partial charge on any atom is -0.394 e. The predicted octanol–water partition coefficient (Wildman–Crippen LogP) is 2.26. The molecule has 2 rings (SSSR count). The molecule has 0 radical (unpaired) electrons. The minimum atomic E-state index is 0.271. The van der Waals surface area contributed by atoms with Crippen LogP contribution in [0.4, 0.5) is 5.69 Å². The largest absolute Gasteiger partial charge is 0.394 e. The summed E-state index contributed by atoms with van der Waals surface area (Å²) >= 11 is 0. The maximum atomic E-state index is 9.28. The molecule has 1 heterocycles. The lowest BCUT2D eigenvalue weighted by atomic mass is 10.1. The number of aryl methyl sites for hydroxylation is 2. The second-order valence-corrected chi connectivity index (χ2v) is 4.44. The summed E-state index contributed by atoms with van der Waals surface area (Å²) in [6.07, 6.45) is 2.31. The van der Waals surface area contributed by atoms with Gasteiger partial charge in [-0.3, -0.25) is 0 Å². The first kappa shape index (κ1) is 10.5. The van der Waals surface area contributed by atoms with Crippen LogP contribution in [0.5, 0.6) is 0 Å². The summed E-state index contributed by atoms with van der Waals surface area (Å²) in [6.45, 7) is 5.62. The molecule has 2 heteroatoms. The SMILES string of the molecule is Cc1ccc(N2CCC[C@@H]2CO)cc1C. The normalized spacial score (nSPS) is 21.0. The molecule has 15 heavy (non-hydrogen) atoms. The van der Waals surface area contributed by atoms with Crippen molar-refractivity contribution in [3.63, 3.8) is 0 Å². The molecule has 0 unspecified atom stereocenters. The van der Waals surface area contributed by atoms with Crippen LogP contribution in [0.3, 0.4) is 0 Å². The summed E-state index contributed by atoms with van der Waals surface area (Å²) in [5, 5.41) is 9.28. The van der Waals surface area contributed by atoms with Gasteiger partial charge in [0.1, 0.15) is 0 Å². The molecular formula is C13H19NO. The van der Waals surface area contributed by atoms with Crippen molar-refractivity contribution in [2.24, 2.45) is 0 Å². The highest BCUT2D eigenvalue weighted by atomic mass is 16.3. The van der Waals surface area contributed by atoms with Gasteiger partial charge in [0.25, 0.3) is 0 Å². The van der Waals surface area contributed by atoms with E-state index in [1.807, 2.05) is 0 Å². The van der Waals surface area contributed by atoms with Crippen molar-refractivity contribution >= 4 is 5.69 Å². The zero-order chi connectivity index (χ0) is 10.8. The van der Waals surface area contributed by atoms with Crippen molar-refractivity contribution in [3.05, 3.63) is 29.3 Å². The van der Waals surface area contributed by atoms with Crippen LogP contribution in [0.1, 0.15) is 24.0 Å². The fourth-order valence-electron chi connectivity index (χ4n) is 2.27. The van der Waals surface area contributed by atoms with E-state index >= 15 is 0 Å². The van der Waals surface area contributed by atoms with Crippen LogP contribution in [-0.2, 0) is 0 Å². The van der Waals surface area contributed by atoms with Gasteiger partial charge < -0.3 is 10.0 Å². The maximum Gasteiger partial charge on any atom is 0.0635 e. The summed E-state index contributed by atoms with van der Waals surface area (Å²) in [5.41, 5.74) is 3.92. The number of aliphatic hydroxyl groups is 1. The van der Waals surface area contributed by atoms with Gasteiger partial charge >= 0.3 is 0 Å². The first-order valence-electron chi connectivity index (χ1n) is 5.67. The smallest absolute Gasteiger partial charge is 0.0635 e. The Morgan fingerprint density at radius 1 is 1.33 bits per heavy atom. The van der Waals surface area contributed by atoms with Gasteiger partial charge in [0.05, 0.1) is 12.6 Å². The van der Waals surface area contributed by atoms with E-state index in [1.165, 1.54) is 23.2 Å². The van der Waals surface area contributed by atoms with Crippen LogP contribution < -0.4 is 4.90 Å². The van der Waals surface area contributed by atoms with Gasteiger partial charge in [-0.25, -0.2) is 0 Å². The standard InChI is InChI=1S/C13H19NO/c1-10-5-6-12(8-11(10)2)14-7-3-4-13(14)9-15/h5-6,8,13,15H,3-4,7,9H2,1-2H3/t13-/m1/s1. The van der Waals surface area contributed by atoms with Crippen molar-refractivity contribution < 1.29 is 5.11 Å². The number of hydrogen-bond acceptors (Lipinski definition) is 2. The molecule has 0 spiro atoms. The highest BCUT2D eigenvalue weighted by Crippen LogP contribution is 2.26. The van der Waals surface area contributed by atoms with Gasteiger partial charge in [0.15, 0.2) is 0 Å². The molecule has 0 amide bonds. The third-order valence-electron chi connectivity index (χ3n) is 3.41. The van der Waals surface area contributed by atoms with Gasteiger partial charge in [-0.15, -0.1) is 0 Å². The Hall–Kier alpha value is -1.02. The van der Waals surface area contributed by atoms with Crippen molar-refractivity contribution in [1.82, 2.24) is 0 Å². The Bertz CT molecular complexity index is 348. The average molecular weight is 205 g/mol. The van der Waals surface area contributed by atoms with Crippen molar-refractivity contribution in [2.75, 3.05) is 18.1 Å². The quantitative estimate of drug-likeness (QED) is 0.800. The van der Waals surface area contributed by atoms with Crippen molar-refractivity contribution in [3.8, 4) is 0 Å². The fourth-order valence-corrected chi connectivity index (χ4v) is 2.27. The Balaban J connectivity index is 2.25. The van der Waals surface area contributed by atoms with Crippen LogP contribution in [0.2, 0.25) is 0 Å². The lowest BCUT2D eigenvalue weighted by Gasteiger charge is -2.25. The summed E-state index contributed by atoms with van der Waals surface area (Å²) in [4.78, 5) is 2.33. The molecule has 1 N–H and O–H groups in total. The van der Waals surface area contributed by atoms with Crippen molar-refractivity contribution in [2.45, 2.75) is 32.7 Å². The molecule has 82 valence electrons. The van der Waals surface area contributed by atoms with E-state index in [2.05, 4.69) is 36.9 Å². The summed E-state index contributed by atoms with van der Waals surface area (Å²) in [5.74, 6) is 0. The maximum absolute atomic E-state index is 9.28. The number of nitrogens with zero attached hydrogens (tertiary/aromatic N) is 1. The van der Waals surface area contributed by atoms with Gasteiger partial charge in [-0.1, -0.05) is 6.07 Å². The van der Waals surface area contributed by atoms with Crippen LogP contribution in [0, 0.1) is 13.8 Å². The fraction of sp³-hybridized carbons (Fsp3) is 0.538. The third-order valence-corrected chi connectivity index (χ3v) is 3.41. The van der Waals surface area contributed by atoms with E-state index < -0.39 is 0 Å². The second-order valence-electron chi connectivity index (χ2n) is 4.44. The molecular weight excluding hydrogens is 186 g/mol. The lowest BCUT2D eigenvalue weighted by Crippen LogP contribution is -2.31. The van der Waals surface area contributed by atoms with E-state index in [0.29, 0.717) is 6.04 Å². The first-order chi connectivity index (χ1) is 7.22. The Labute approximate surface area is 91.5 Å². The Morgan fingerprint density at radius 2 is 2.13 bits per heavy atom. The topological polar surface area (TPSA) is 23.5 Å². The zero-order valence-electron chi connectivity index (χ0n) is 9.53. The van der Waals surface area contributed by atoms with Crippen LogP contribution >= 0.6 is 0 Å². The molecule has 1 aromatic rings. The number of rotatable bonds is 2. The van der Waals surface area contributed by atoms with E-state index in [1.54, 1.807) is 0 Å². The van der Waals surface area contributed by atoms with Crippen LogP contribution in [-0.4, -0.2) is 24.3 Å². The molecule has 0 aromatic heterocycles. The zero-order valence-corrected chi connectivity index (χ0v) is 9.53. The summed E-state index contributed by atoms with van der Waals surface area (Å²) in [6, 6.07) is 6.88. The summed E-state index contributed by atoms with van der Waals surface area (Å²) < 4.78 is 0. The third kappa shape index (κ3) is 2.00. The van der Waals surface area contributed by atoms with Gasteiger partial charge in [-0.2, -0.15) is 0 Å². The second kappa shape index (κ2) is 4.23. The number of hydrogen-bond donors (Lipinski definition) is 1. The van der Waals surface area contributed by atoms with E-state index in [0.717, 1.165) is 13.0 Å². The number of benzene rings is 1. The van der Waals surface area contributed by atoms with Crippen LogP contribution in [0.15, 0.2) is 18.2 Å². The molecule has 1 fully saturated rings. The van der Waals surface area contributed by atoms with E-state index in [-0.39, 0.29) is 6.61 Å². The van der Waals surface area contributed by atoms with E-state index in [9.17, 15) is 5.11 Å². The monoisotopic (exact) mass is 205 g/mol. The molecule has 0 saturated carbocycles. The van der Waals surface area contributed by atoms with Gasteiger partial charge in [0, 0.05) is 12.2 Å². The highest BCUT2D eigenvalue weighted by molar-refractivity contribution is 5.52. The first-order valence-corrected chi connectivity index (χ1v) is 5.67. The van der Waals surface area contributed by atoms with E-state index in [4.69, 9.17) is 0 Å². The average Bonchev–Trinajstić information content (AvgIpc) is 2.70. The number of aliphatic hydroxyl groups excluding tert-OH is 1. The molecule has 1 atom stereocenters. The molecule has 1 aromatic carbocycles. The highest BCUT2D eigenvalue weighted by Gasteiger charge is 2.23. The molecule has 0 aliphatic carbocycles. The van der Waals surface area contributed by atoms with Gasteiger partial charge in [-0.05, 0) is 49.9 Å². The van der Waals surface area contributed by atoms with Crippen molar-refractivity contribution in [1.29, 1.82) is 0 Å². The molecule has 0 bridgehead atoms. The number of anilines is 1. The summed E-state index contributed by atoms with van der Waals surface area (Å²) in [7, 11) is 0. The lowest BCUT2D eigenvalue weighted by molar-refractivity contribution is 0.266. The van der Waals surface area contributed by atoms with Crippen LogP contribution in [0.25, 0.3) is 0 Å². The molecule has 1 aliphatic rings.